The van der Waals surface area contributed by atoms with Gasteiger partial charge in [0.15, 0.2) is 0 Å². The monoisotopic (exact) mass is 990 g/mol. The Morgan fingerprint density at radius 2 is 0.766 bits per heavy atom. The van der Waals surface area contributed by atoms with Gasteiger partial charge in [-0.05, 0) is 84.5 Å². The van der Waals surface area contributed by atoms with Crippen molar-refractivity contribution in [3.63, 3.8) is 0 Å². The third-order valence-electron chi connectivity index (χ3n) is 15.0. The van der Waals surface area contributed by atoms with Crippen molar-refractivity contribution in [2.75, 3.05) is 0 Å². The fourth-order valence-electron chi connectivity index (χ4n) is 11.0. The second-order valence-electron chi connectivity index (χ2n) is 18.7. The summed E-state index contributed by atoms with van der Waals surface area (Å²) in [5.74, 6) is 0. The van der Waals surface area contributed by atoms with Crippen LogP contribution in [-0.2, 0) is 49.0 Å². The van der Waals surface area contributed by atoms with E-state index in [-0.39, 0.29) is 39.7 Å². The van der Waals surface area contributed by atoms with Crippen LogP contribution in [0.15, 0.2) is 109 Å². The third kappa shape index (κ3) is 15.4. The van der Waals surface area contributed by atoms with E-state index < -0.39 is 0 Å². The maximum atomic E-state index is 3.06. The molecule has 0 saturated heterocycles. The summed E-state index contributed by atoms with van der Waals surface area (Å²) in [6.07, 6.45) is 30.2. The summed E-state index contributed by atoms with van der Waals surface area (Å²) in [6, 6.07) is 41.9. The van der Waals surface area contributed by atoms with Gasteiger partial charge in [0.2, 0.25) is 0 Å². The van der Waals surface area contributed by atoms with Crippen LogP contribution in [0.25, 0.3) is 43.8 Å². The Balaban J connectivity index is 0.000000400. The SMILES string of the molecule is CCc1ccc(-c2cccc3[cH-]c(CC4(CC)CCCCCCCC4)cc23)cc1.CCc1ccc(-c2cccc3[cH-]c(CC4(CC)CCCCCCCC4)cc23)cc1.Cl.Cl.[CH3-].[CH3-].[Si]=[Zr]. The molecule has 6 aromatic carbocycles. The summed E-state index contributed by atoms with van der Waals surface area (Å²) in [5.41, 5.74) is 12.4. The first-order valence-corrected chi connectivity index (χ1v) is 28.4. The molecule has 64 heavy (non-hydrogen) atoms. The van der Waals surface area contributed by atoms with Crippen LogP contribution in [0.1, 0.15) is 166 Å². The molecule has 0 aromatic heterocycles. The van der Waals surface area contributed by atoms with Crippen molar-refractivity contribution in [2.45, 2.75) is 169 Å². The van der Waals surface area contributed by atoms with E-state index in [9.17, 15) is 0 Å². The molecule has 2 radical (unpaired) electrons. The number of rotatable bonds is 10. The maximum absolute atomic E-state index is 3.06. The van der Waals surface area contributed by atoms with Crippen LogP contribution in [0.4, 0.5) is 0 Å². The summed E-state index contributed by atoms with van der Waals surface area (Å²) in [7, 11) is 0. The predicted octanol–water partition coefficient (Wildman–Crippen LogP) is 19.1. The van der Waals surface area contributed by atoms with Crippen molar-refractivity contribution in [3.8, 4) is 22.3 Å². The predicted molar refractivity (Wildman–Crippen MR) is 289 cm³/mol. The van der Waals surface area contributed by atoms with E-state index in [1.165, 1.54) is 207 Å². The Bertz CT molecular complexity index is 2000. The van der Waals surface area contributed by atoms with Crippen LogP contribution in [-0.4, -0.2) is 6.88 Å². The Kier molecular flexibility index (Phi) is 26.7. The molecule has 4 heteroatoms. The molecule has 0 unspecified atom stereocenters. The number of benzene rings is 4. The summed E-state index contributed by atoms with van der Waals surface area (Å²) in [4.78, 5) is 0. The minimum absolute atomic E-state index is 0. The molecule has 2 aliphatic rings. The molecule has 0 amide bonds. The van der Waals surface area contributed by atoms with Gasteiger partial charge in [-0.15, -0.1) is 93.9 Å². The van der Waals surface area contributed by atoms with Gasteiger partial charge in [0.05, 0.1) is 0 Å². The van der Waals surface area contributed by atoms with Gasteiger partial charge >= 0.3 is 30.2 Å². The van der Waals surface area contributed by atoms with Crippen molar-refractivity contribution >= 4 is 53.2 Å². The van der Waals surface area contributed by atoms with E-state index in [0.717, 1.165) is 12.8 Å². The molecular formula is C60H82Cl2SiZr-4. The Morgan fingerprint density at radius 1 is 0.453 bits per heavy atom. The van der Waals surface area contributed by atoms with Gasteiger partial charge in [0.1, 0.15) is 0 Å². The van der Waals surface area contributed by atoms with Crippen LogP contribution in [0.5, 0.6) is 0 Å². The van der Waals surface area contributed by atoms with Crippen molar-refractivity contribution in [2.24, 2.45) is 10.8 Å². The molecule has 348 valence electrons. The molecule has 0 atom stereocenters. The molecule has 0 spiro atoms. The molecule has 0 bridgehead atoms. The van der Waals surface area contributed by atoms with E-state index in [1.807, 2.05) is 0 Å². The van der Waals surface area contributed by atoms with E-state index >= 15 is 0 Å². The van der Waals surface area contributed by atoms with Crippen LogP contribution in [0.3, 0.4) is 0 Å². The van der Waals surface area contributed by atoms with E-state index in [0.29, 0.717) is 10.8 Å². The molecule has 2 fully saturated rings. The Morgan fingerprint density at radius 3 is 1.06 bits per heavy atom. The molecule has 8 rings (SSSR count). The molecule has 2 saturated carbocycles. The molecule has 2 aliphatic carbocycles. The van der Waals surface area contributed by atoms with E-state index in [1.54, 1.807) is 11.1 Å². The number of hydrogen-bond acceptors (Lipinski definition) is 0. The zero-order chi connectivity index (χ0) is 42.2. The van der Waals surface area contributed by atoms with Gasteiger partial charge < -0.3 is 14.9 Å². The molecule has 0 aliphatic heterocycles. The van der Waals surface area contributed by atoms with Crippen LogP contribution in [0, 0.1) is 25.7 Å². The van der Waals surface area contributed by atoms with Crippen LogP contribution >= 0.6 is 24.8 Å². The minimum atomic E-state index is 0. The van der Waals surface area contributed by atoms with Crippen molar-refractivity contribution in [1.82, 2.24) is 0 Å². The fraction of sp³-hybridized carbons (Fsp3) is 0.467. The van der Waals surface area contributed by atoms with E-state index in [4.69, 9.17) is 0 Å². The third-order valence-corrected chi connectivity index (χ3v) is 15.0. The Labute approximate surface area is 421 Å². The van der Waals surface area contributed by atoms with E-state index in [2.05, 4.69) is 144 Å². The zero-order valence-corrected chi connectivity index (χ0v) is 45.9. The molecule has 6 aromatic rings. The van der Waals surface area contributed by atoms with Gasteiger partial charge in [0, 0.05) is 0 Å². The van der Waals surface area contributed by atoms with Gasteiger partial charge in [0.25, 0.3) is 0 Å². The van der Waals surface area contributed by atoms with Gasteiger partial charge in [-0.1, -0.05) is 189 Å². The quantitative estimate of drug-likeness (QED) is 0.0948. The summed E-state index contributed by atoms with van der Waals surface area (Å²) in [5, 5.41) is 5.68. The van der Waals surface area contributed by atoms with Gasteiger partial charge in [-0.2, -0.15) is 12.1 Å². The Hall–Kier alpha value is -2.22. The van der Waals surface area contributed by atoms with Crippen LogP contribution < -0.4 is 0 Å². The molecule has 0 N–H and O–H groups in total. The number of aryl methyl sites for hydroxylation is 2. The van der Waals surface area contributed by atoms with Crippen molar-refractivity contribution in [1.29, 1.82) is 0 Å². The number of hydrogen-bond donors (Lipinski definition) is 0. The normalized spacial score (nSPS) is 16.0. The number of halogens is 2. The topological polar surface area (TPSA) is 0 Å². The van der Waals surface area contributed by atoms with Crippen LogP contribution in [0.2, 0.25) is 0 Å². The average molecular weight is 994 g/mol. The second kappa shape index (κ2) is 29.5. The summed E-state index contributed by atoms with van der Waals surface area (Å²) in [6.45, 7) is 12.4. The first kappa shape index (κ1) is 57.9. The summed E-state index contributed by atoms with van der Waals surface area (Å²) >= 11 is 1.36. The van der Waals surface area contributed by atoms with Gasteiger partial charge in [-0.3, -0.25) is 0 Å². The van der Waals surface area contributed by atoms with Crippen molar-refractivity contribution in [3.05, 3.63) is 146 Å². The fourth-order valence-corrected chi connectivity index (χ4v) is 11.0. The summed E-state index contributed by atoms with van der Waals surface area (Å²) < 4.78 is 0. The average Bonchev–Trinajstić information content (AvgIpc) is 3.96. The molecule has 0 nitrogen and oxygen atoms in total. The zero-order valence-electron chi connectivity index (χ0n) is 40.8. The first-order valence-electron chi connectivity index (χ1n) is 24.3. The first-order chi connectivity index (χ1) is 29.5. The molecular weight excluding hydrogens is 911 g/mol. The second-order valence-corrected chi connectivity index (χ2v) is 18.7. The number of fused-ring (bicyclic) bond motifs is 2. The van der Waals surface area contributed by atoms with Crippen molar-refractivity contribution < 1.29 is 23.3 Å². The molecule has 0 heterocycles. The standard InChI is InChI=1S/2C29H37.2CH3.2ClH.Si.Zr/c2*1-3-23-14-16-25(17-15-23)27-13-11-12-26-20-24(21-28(26)27)22-29(4-2)18-9-7-5-6-8-10-19-29;;;;;;/h2*11-17,20-21H,3-10,18-19,22H2,1-2H3;2*1H3;2*1H;;/q4*-1;;;;. The van der Waals surface area contributed by atoms with Gasteiger partial charge in [-0.25, -0.2) is 0 Å².